The molecule has 152 valence electrons. The van der Waals surface area contributed by atoms with E-state index < -0.39 is 23.2 Å². The molecule has 30 heavy (non-hydrogen) atoms. The average Bonchev–Trinajstić information content (AvgIpc) is 3.18. The summed E-state index contributed by atoms with van der Waals surface area (Å²) in [7, 11) is 1.63. The highest BCUT2D eigenvalue weighted by atomic mass is 19.2. The Kier molecular flexibility index (Phi) is 4.18. The van der Waals surface area contributed by atoms with E-state index in [0.717, 1.165) is 17.6 Å². The summed E-state index contributed by atoms with van der Waals surface area (Å²) in [5.74, 6) is -2.41. The lowest BCUT2D eigenvalue weighted by Gasteiger charge is -2.33. The number of pyridine rings is 2. The summed E-state index contributed by atoms with van der Waals surface area (Å²) >= 11 is 0. The minimum Gasteiger partial charge on any atom is -0.373 e. The highest BCUT2D eigenvalue weighted by molar-refractivity contribution is 5.95. The number of H-pyrrole nitrogens is 1. The predicted molar refractivity (Wildman–Crippen MR) is 106 cm³/mol. The van der Waals surface area contributed by atoms with E-state index in [1.807, 2.05) is 24.3 Å². The van der Waals surface area contributed by atoms with Gasteiger partial charge in [-0.1, -0.05) is 6.07 Å². The van der Waals surface area contributed by atoms with Crippen molar-refractivity contribution in [3.05, 3.63) is 87.6 Å². The molecular weight excluding hydrogens is 392 g/mol. The van der Waals surface area contributed by atoms with Crippen LogP contribution in [-0.4, -0.2) is 33.8 Å². The molecule has 8 heteroatoms. The van der Waals surface area contributed by atoms with Gasteiger partial charge in [0.2, 0.25) is 0 Å². The number of aromatic amines is 1. The van der Waals surface area contributed by atoms with E-state index in [4.69, 9.17) is 4.74 Å². The van der Waals surface area contributed by atoms with Crippen LogP contribution in [0.15, 0.2) is 53.5 Å². The van der Waals surface area contributed by atoms with Crippen LogP contribution in [0.25, 0.3) is 16.3 Å². The molecule has 0 spiro atoms. The summed E-state index contributed by atoms with van der Waals surface area (Å²) in [4.78, 5) is 29.9. The number of fused-ring (bicyclic) bond motifs is 4. The molecule has 1 N–H and O–H groups in total. The van der Waals surface area contributed by atoms with Crippen LogP contribution in [0.2, 0.25) is 0 Å². The van der Waals surface area contributed by atoms with Gasteiger partial charge in [0.05, 0.1) is 24.6 Å². The van der Waals surface area contributed by atoms with Crippen LogP contribution in [0, 0.1) is 11.6 Å². The SMILES string of the molecule is CN(C(=O)c1ccc2ccccn12)[C@@H]1COCc2[nH]c(=O)c3cc(F)c(F)cc3c21. The monoisotopic (exact) mass is 409 g/mol. The Bertz CT molecular complexity index is 1380. The molecule has 1 atom stereocenters. The van der Waals surface area contributed by atoms with Crippen LogP contribution in [0.3, 0.4) is 0 Å². The van der Waals surface area contributed by atoms with E-state index in [2.05, 4.69) is 4.98 Å². The van der Waals surface area contributed by atoms with E-state index in [1.165, 1.54) is 4.90 Å². The number of hydrogen-bond acceptors (Lipinski definition) is 3. The maximum Gasteiger partial charge on any atom is 0.271 e. The van der Waals surface area contributed by atoms with Crippen LogP contribution in [-0.2, 0) is 11.3 Å². The fourth-order valence-electron chi connectivity index (χ4n) is 4.10. The lowest BCUT2D eigenvalue weighted by molar-refractivity contribution is 0.0332. The number of nitrogens with one attached hydrogen (secondary N) is 1. The van der Waals surface area contributed by atoms with Crippen molar-refractivity contribution in [2.45, 2.75) is 12.6 Å². The van der Waals surface area contributed by atoms with Gasteiger partial charge in [-0.2, -0.15) is 0 Å². The molecule has 0 bridgehead atoms. The van der Waals surface area contributed by atoms with Crippen LogP contribution in [0.5, 0.6) is 0 Å². The molecule has 1 amide bonds. The van der Waals surface area contributed by atoms with Gasteiger partial charge in [-0.15, -0.1) is 0 Å². The number of carbonyl (C=O) groups is 1. The second-order valence-corrected chi connectivity index (χ2v) is 7.32. The third-order valence-corrected chi connectivity index (χ3v) is 5.61. The fourth-order valence-corrected chi connectivity index (χ4v) is 4.10. The topological polar surface area (TPSA) is 66.8 Å². The molecule has 4 heterocycles. The number of ether oxygens (including phenoxy) is 1. The van der Waals surface area contributed by atoms with Crippen molar-refractivity contribution in [1.82, 2.24) is 14.3 Å². The highest BCUT2D eigenvalue weighted by Crippen LogP contribution is 2.34. The van der Waals surface area contributed by atoms with Crippen LogP contribution >= 0.6 is 0 Å². The van der Waals surface area contributed by atoms with E-state index in [0.29, 0.717) is 17.0 Å². The first-order chi connectivity index (χ1) is 14.5. The zero-order valence-electron chi connectivity index (χ0n) is 16.0. The third kappa shape index (κ3) is 2.72. The van der Waals surface area contributed by atoms with E-state index >= 15 is 0 Å². The number of aromatic nitrogens is 2. The Balaban J connectivity index is 1.65. The van der Waals surface area contributed by atoms with Crippen LogP contribution in [0.4, 0.5) is 8.78 Å². The molecule has 0 unspecified atom stereocenters. The van der Waals surface area contributed by atoms with Crippen LogP contribution < -0.4 is 5.56 Å². The van der Waals surface area contributed by atoms with Crippen LogP contribution in [0.1, 0.15) is 27.8 Å². The molecular formula is C22H17F2N3O3. The number of benzene rings is 1. The summed E-state index contributed by atoms with van der Waals surface area (Å²) in [6.07, 6.45) is 1.80. The zero-order valence-corrected chi connectivity index (χ0v) is 16.0. The maximum atomic E-state index is 14.0. The standard InChI is InChI=1S/C22H17F2N3O3/c1-26(22(29)18-6-5-12-4-2-3-7-27(12)18)19-11-30-10-17-20(19)13-8-15(23)16(24)9-14(13)21(28)25-17/h2-9,19H,10-11H2,1H3,(H,25,28)/t19-/m1/s1. The van der Waals surface area contributed by atoms with Crippen molar-refractivity contribution in [2.24, 2.45) is 0 Å². The first kappa shape index (κ1) is 18.5. The smallest absolute Gasteiger partial charge is 0.271 e. The summed E-state index contributed by atoms with van der Waals surface area (Å²) in [5.41, 5.74) is 1.83. The normalized spacial score (nSPS) is 16.0. The third-order valence-electron chi connectivity index (χ3n) is 5.61. The summed E-state index contributed by atoms with van der Waals surface area (Å²) < 4.78 is 35.2. The van der Waals surface area contributed by atoms with Crippen molar-refractivity contribution in [3.63, 3.8) is 0 Å². The zero-order chi connectivity index (χ0) is 21.0. The molecule has 5 rings (SSSR count). The van der Waals surface area contributed by atoms with Gasteiger partial charge in [0.1, 0.15) is 5.69 Å². The number of likely N-dealkylation sites (N-methyl/N-ethyl adjacent to an activating group) is 1. The van der Waals surface area contributed by atoms with Gasteiger partial charge in [-0.05, 0) is 41.8 Å². The van der Waals surface area contributed by atoms with E-state index in [9.17, 15) is 18.4 Å². The van der Waals surface area contributed by atoms with Gasteiger partial charge in [-0.3, -0.25) is 9.59 Å². The Morgan fingerprint density at radius 3 is 2.73 bits per heavy atom. The molecule has 0 saturated heterocycles. The van der Waals surface area contributed by atoms with E-state index in [1.54, 1.807) is 23.7 Å². The fraction of sp³-hybridized carbons (Fsp3) is 0.182. The maximum absolute atomic E-state index is 14.0. The van der Waals surface area contributed by atoms with Gasteiger partial charge in [0.25, 0.3) is 11.5 Å². The molecule has 4 aromatic rings. The van der Waals surface area contributed by atoms with Gasteiger partial charge in [0, 0.05) is 30.0 Å². The molecule has 6 nitrogen and oxygen atoms in total. The number of nitrogens with zero attached hydrogens (tertiary/aromatic N) is 2. The number of rotatable bonds is 2. The van der Waals surface area contributed by atoms with Gasteiger partial charge < -0.3 is 19.0 Å². The number of hydrogen-bond donors (Lipinski definition) is 1. The van der Waals surface area contributed by atoms with Crippen molar-refractivity contribution >= 4 is 22.2 Å². The summed E-state index contributed by atoms with van der Waals surface area (Å²) in [6, 6.07) is 10.5. The van der Waals surface area contributed by atoms with Crippen molar-refractivity contribution in [2.75, 3.05) is 13.7 Å². The van der Waals surface area contributed by atoms with Gasteiger partial charge in [0.15, 0.2) is 11.6 Å². The second-order valence-electron chi connectivity index (χ2n) is 7.32. The molecule has 1 aromatic carbocycles. The van der Waals surface area contributed by atoms with Crippen molar-refractivity contribution in [1.29, 1.82) is 0 Å². The Hall–Kier alpha value is -3.52. The lowest BCUT2D eigenvalue weighted by atomic mass is 9.95. The van der Waals surface area contributed by atoms with E-state index in [-0.39, 0.29) is 29.9 Å². The second kappa shape index (κ2) is 6.77. The average molecular weight is 409 g/mol. The predicted octanol–water partition coefficient (Wildman–Crippen LogP) is 3.40. The van der Waals surface area contributed by atoms with Crippen molar-refractivity contribution in [3.8, 4) is 0 Å². The Morgan fingerprint density at radius 1 is 1.17 bits per heavy atom. The molecule has 0 fully saturated rings. The largest absolute Gasteiger partial charge is 0.373 e. The van der Waals surface area contributed by atoms with Crippen molar-refractivity contribution < 1.29 is 18.3 Å². The summed E-state index contributed by atoms with van der Waals surface area (Å²) in [5, 5.41) is 0.314. The number of halogens is 2. The quantitative estimate of drug-likeness (QED) is 0.552. The molecule has 0 aliphatic carbocycles. The number of amides is 1. The Morgan fingerprint density at radius 2 is 1.93 bits per heavy atom. The first-order valence-corrected chi connectivity index (χ1v) is 9.40. The van der Waals surface area contributed by atoms with Gasteiger partial charge in [-0.25, -0.2) is 8.78 Å². The molecule has 0 saturated carbocycles. The minimum absolute atomic E-state index is 0.0357. The Labute approximate surface area is 169 Å². The lowest BCUT2D eigenvalue weighted by Crippen LogP contribution is -2.38. The summed E-state index contributed by atoms with van der Waals surface area (Å²) in [6.45, 7) is 0.283. The molecule has 1 aliphatic heterocycles. The molecule has 0 radical (unpaired) electrons. The highest BCUT2D eigenvalue weighted by Gasteiger charge is 2.32. The molecule has 3 aromatic heterocycles. The molecule has 1 aliphatic rings. The number of carbonyl (C=O) groups excluding carboxylic acids is 1. The van der Waals surface area contributed by atoms with Gasteiger partial charge >= 0.3 is 0 Å². The minimum atomic E-state index is -1.10. The first-order valence-electron chi connectivity index (χ1n) is 9.40.